The minimum atomic E-state index is 0.295. The zero-order valence-corrected chi connectivity index (χ0v) is 12.1. The largest absolute Gasteiger partial charge is 0.328 e. The average Bonchev–Trinajstić information content (AvgIpc) is 2.68. The van der Waals surface area contributed by atoms with Crippen molar-refractivity contribution < 1.29 is 4.79 Å². The summed E-state index contributed by atoms with van der Waals surface area (Å²) in [6.45, 7) is 2.48. The van der Waals surface area contributed by atoms with E-state index in [1.165, 1.54) is 0 Å². The van der Waals surface area contributed by atoms with Crippen LogP contribution in [0.3, 0.4) is 0 Å². The summed E-state index contributed by atoms with van der Waals surface area (Å²) in [6.07, 6.45) is 2.56. The van der Waals surface area contributed by atoms with Gasteiger partial charge in [-0.1, -0.05) is 0 Å². The van der Waals surface area contributed by atoms with E-state index in [1.807, 2.05) is 11.4 Å². The van der Waals surface area contributed by atoms with Crippen LogP contribution in [0.15, 0.2) is 15.9 Å². The summed E-state index contributed by atoms with van der Waals surface area (Å²) in [5.74, 6) is 0.295. The van der Waals surface area contributed by atoms with Gasteiger partial charge in [-0.15, -0.1) is 11.3 Å². The van der Waals surface area contributed by atoms with Crippen LogP contribution < -0.4 is 5.73 Å². The van der Waals surface area contributed by atoms with Crippen LogP contribution in [0.25, 0.3) is 0 Å². The Bertz CT molecular complexity index is 386. The molecule has 0 saturated carbocycles. The number of nitrogens with zero attached hydrogens (tertiary/aromatic N) is 1. The van der Waals surface area contributed by atoms with Crippen molar-refractivity contribution in [3.8, 4) is 0 Å². The van der Waals surface area contributed by atoms with Crippen molar-refractivity contribution in [2.45, 2.75) is 25.3 Å². The first-order chi connectivity index (χ1) is 8.15. The predicted molar refractivity (Wildman–Crippen MR) is 74.4 cm³/mol. The summed E-state index contributed by atoms with van der Waals surface area (Å²) in [7, 11) is 0. The van der Waals surface area contributed by atoms with Crippen LogP contribution in [0.1, 0.15) is 17.7 Å². The van der Waals surface area contributed by atoms with Crippen LogP contribution in [-0.2, 0) is 11.2 Å². The molecule has 1 aromatic rings. The lowest BCUT2D eigenvalue weighted by Crippen LogP contribution is -2.42. The number of Topliss-reactive ketones (excluding diaryl/α,β-unsaturated/α-hetero) is 1. The van der Waals surface area contributed by atoms with Gasteiger partial charge in [0.05, 0.1) is 6.54 Å². The first kappa shape index (κ1) is 13.2. The van der Waals surface area contributed by atoms with E-state index < -0.39 is 0 Å². The number of carbonyl (C=O) groups excluding carboxylic acids is 1. The minimum Gasteiger partial charge on any atom is -0.328 e. The van der Waals surface area contributed by atoms with E-state index in [9.17, 15) is 4.79 Å². The maximum atomic E-state index is 11.9. The Morgan fingerprint density at radius 2 is 2.24 bits per heavy atom. The van der Waals surface area contributed by atoms with Crippen LogP contribution >= 0.6 is 27.3 Å². The van der Waals surface area contributed by atoms with Gasteiger partial charge in [0, 0.05) is 34.9 Å². The van der Waals surface area contributed by atoms with Gasteiger partial charge in [-0.05, 0) is 40.2 Å². The molecule has 94 valence electrons. The number of ketones is 1. The molecule has 1 fully saturated rings. The summed E-state index contributed by atoms with van der Waals surface area (Å²) in [4.78, 5) is 15.3. The molecule has 1 aromatic heterocycles. The summed E-state index contributed by atoms with van der Waals surface area (Å²) in [5, 5.41) is 2.01. The fourth-order valence-corrected chi connectivity index (χ4v) is 3.57. The first-order valence-corrected chi connectivity index (χ1v) is 7.54. The van der Waals surface area contributed by atoms with Gasteiger partial charge in [0.2, 0.25) is 0 Å². The number of halogens is 1. The lowest BCUT2D eigenvalue weighted by atomic mass is 10.1. The predicted octanol–water partition coefficient (Wildman–Crippen LogP) is 2.05. The van der Waals surface area contributed by atoms with E-state index in [4.69, 9.17) is 5.73 Å². The number of thiophene rings is 1. The zero-order valence-electron chi connectivity index (χ0n) is 9.69. The van der Waals surface area contributed by atoms with Crippen LogP contribution in [-0.4, -0.2) is 36.4 Å². The molecule has 1 aliphatic rings. The third-order valence-electron chi connectivity index (χ3n) is 3.08. The van der Waals surface area contributed by atoms with E-state index in [0.29, 0.717) is 24.8 Å². The molecule has 0 aromatic carbocycles. The Kier molecular flexibility index (Phi) is 4.73. The van der Waals surface area contributed by atoms with E-state index in [2.05, 4.69) is 20.8 Å². The second-order valence-electron chi connectivity index (χ2n) is 4.52. The molecule has 1 saturated heterocycles. The van der Waals surface area contributed by atoms with Crippen LogP contribution in [0.4, 0.5) is 0 Å². The highest BCUT2D eigenvalue weighted by Crippen LogP contribution is 2.23. The smallest absolute Gasteiger partial charge is 0.152 e. The molecule has 0 bridgehead atoms. The highest BCUT2D eigenvalue weighted by atomic mass is 79.9. The Morgan fingerprint density at radius 3 is 2.82 bits per heavy atom. The number of hydrogen-bond acceptors (Lipinski definition) is 4. The Hall–Kier alpha value is -0.230. The van der Waals surface area contributed by atoms with Gasteiger partial charge in [0.1, 0.15) is 0 Å². The molecule has 2 rings (SSSR count). The molecular formula is C12H17BrN2OS. The second kappa shape index (κ2) is 6.09. The third kappa shape index (κ3) is 3.88. The normalized spacial score (nSPS) is 18.5. The van der Waals surface area contributed by atoms with Crippen molar-refractivity contribution in [1.29, 1.82) is 0 Å². The van der Waals surface area contributed by atoms with Gasteiger partial charge in [0.15, 0.2) is 5.78 Å². The molecule has 0 amide bonds. The van der Waals surface area contributed by atoms with E-state index in [0.717, 1.165) is 35.3 Å². The average molecular weight is 317 g/mol. The Morgan fingerprint density at radius 1 is 1.53 bits per heavy atom. The van der Waals surface area contributed by atoms with E-state index in [-0.39, 0.29) is 0 Å². The third-order valence-corrected chi connectivity index (χ3v) is 5.01. The fourth-order valence-electron chi connectivity index (χ4n) is 2.05. The highest BCUT2D eigenvalue weighted by Gasteiger charge is 2.18. The van der Waals surface area contributed by atoms with Gasteiger partial charge in [-0.25, -0.2) is 0 Å². The van der Waals surface area contributed by atoms with Crippen molar-refractivity contribution >= 4 is 33.0 Å². The van der Waals surface area contributed by atoms with Gasteiger partial charge >= 0.3 is 0 Å². The van der Waals surface area contributed by atoms with Crippen molar-refractivity contribution in [1.82, 2.24) is 4.90 Å². The summed E-state index contributed by atoms with van der Waals surface area (Å²) < 4.78 is 1.05. The van der Waals surface area contributed by atoms with Crippen LogP contribution in [0.2, 0.25) is 0 Å². The number of piperidine rings is 1. The molecule has 0 atom stereocenters. The maximum Gasteiger partial charge on any atom is 0.152 e. The maximum absolute atomic E-state index is 11.9. The van der Waals surface area contributed by atoms with E-state index in [1.54, 1.807) is 11.3 Å². The molecule has 3 nitrogen and oxygen atoms in total. The Labute approximate surface area is 114 Å². The van der Waals surface area contributed by atoms with Gasteiger partial charge in [-0.3, -0.25) is 9.69 Å². The Balaban J connectivity index is 1.80. The number of rotatable bonds is 4. The van der Waals surface area contributed by atoms with Crippen molar-refractivity contribution in [3.05, 3.63) is 20.8 Å². The summed E-state index contributed by atoms with van der Waals surface area (Å²) in [6, 6.07) is 2.32. The molecule has 0 aliphatic carbocycles. The van der Waals surface area contributed by atoms with Gasteiger partial charge < -0.3 is 5.73 Å². The lowest BCUT2D eigenvalue weighted by molar-refractivity contribution is -0.119. The number of nitrogens with two attached hydrogens (primary N) is 1. The van der Waals surface area contributed by atoms with Gasteiger partial charge in [-0.2, -0.15) is 0 Å². The lowest BCUT2D eigenvalue weighted by Gasteiger charge is -2.29. The molecule has 0 radical (unpaired) electrons. The summed E-state index contributed by atoms with van der Waals surface area (Å²) >= 11 is 5.09. The molecule has 2 heterocycles. The number of likely N-dealkylation sites (tertiary alicyclic amines) is 1. The molecule has 2 N–H and O–H groups in total. The number of carbonyl (C=O) groups is 1. The molecular weight excluding hydrogens is 300 g/mol. The standard InChI is InChI=1S/C12H17BrN2OS/c13-11-3-6-17-12(11)7-10(16)8-15-4-1-9(14)2-5-15/h3,6,9H,1-2,4-5,7-8,14H2. The van der Waals surface area contributed by atoms with Crippen molar-refractivity contribution in [2.75, 3.05) is 19.6 Å². The first-order valence-electron chi connectivity index (χ1n) is 5.86. The molecule has 17 heavy (non-hydrogen) atoms. The fraction of sp³-hybridized carbons (Fsp3) is 0.583. The van der Waals surface area contributed by atoms with Crippen molar-refractivity contribution in [3.63, 3.8) is 0 Å². The van der Waals surface area contributed by atoms with Crippen molar-refractivity contribution in [2.24, 2.45) is 5.73 Å². The van der Waals surface area contributed by atoms with Gasteiger partial charge in [0.25, 0.3) is 0 Å². The molecule has 0 unspecified atom stereocenters. The van der Waals surface area contributed by atoms with Crippen LogP contribution in [0, 0.1) is 0 Å². The quantitative estimate of drug-likeness (QED) is 0.924. The number of hydrogen-bond donors (Lipinski definition) is 1. The summed E-state index contributed by atoms with van der Waals surface area (Å²) in [5.41, 5.74) is 5.84. The van der Waals surface area contributed by atoms with E-state index >= 15 is 0 Å². The van der Waals surface area contributed by atoms with Crippen LogP contribution in [0.5, 0.6) is 0 Å². The zero-order chi connectivity index (χ0) is 12.3. The monoisotopic (exact) mass is 316 g/mol. The SMILES string of the molecule is NC1CCN(CC(=O)Cc2sccc2Br)CC1. The molecule has 1 aliphatic heterocycles. The highest BCUT2D eigenvalue weighted by molar-refractivity contribution is 9.10. The second-order valence-corrected chi connectivity index (χ2v) is 6.38. The topological polar surface area (TPSA) is 46.3 Å². The molecule has 5 heteroatoms. The minimum absolute atomic E-state index is 0.295. The molecule has 0 spiro atoms.